The zero-order valence-corrected chi connectivity index (χ0v) is 14.1. The fraction of sp³-hybridized carbons (Fsp3) is 0.444. The van der Waals surface area contributed by atoms with Crippen LogP contribution < -0.4 is 0 Å². The van der Waals surface area contributed by atoms with E-state index in [9.17, 15) is 13.0 Å². The van der Waals surface area contributed by atoms with Crippen LogP contribution in [0.5, 0.6) is 0 Å². The van der Waals surface area contributed by atoms with Gasteiger partial charge in [0.1, 0.15) is 4.90 Å². The summed E-state index contributed by atoms with van der Waals surface area (Å²) in [5.74, 6) is 0. The molecular formula is C18H24O3S. The molecular weight excluding hydrogens is 296 g/mol. The molecule has 0 unspecified atom stereocenters. The number of hydrogen-bond acceptors (Lipinski definition) is 2. The maximum Gasteiger partial charge on any atom is 0.295 e. The van der Waals surface area contributed by atoms with Crippen LogP contribution in [0.1, 0.15) is 50.7 Å². The summed E-state index contributed by atoms with van der Waals surface area (Å²) in [5, 5.41) is 1.66. The third-order valence-electron chi connectivity index (χ3n) is 4.05. The molecule has 2 aromatic carbocycles. The average Bonchev–Trinajstić information content (AvgIpc) is 2.49. The highest BCUT2D eigenvalue weighted by Crippen LogP contribution is 2.31. The number of hydrogen-bond donors (Lipinski definition) is 1. The van der Waals surface area contributed by atoms with Crippen molar-refractivity contribution in [3.63, 3.8) is 0 Å². The molecule has 1 N–H and O–H groups in total. The zero-order valence-electron chi connectivity index (χ0n) is 13.3. The van der Waals surface area contributed by atoms with E-state index < -0.39 is 10.1 Å². The Morgan fingerprint density at radius 2 is 1.50 bits per heavy atom. The van der Waals surface area contributed by atoms with Crippen molar-refractivity contribution in [1.29, 1.82) is 0 Å². The molecule has 0 fully saturated rings. The summed E-state index contributed by atoms with van der Waals surface area (Å²) in [4.78, 5) is 0.0149. The molecule has 0 amide bonds. The second kappa shape index (κ2) is 7.25. The van der Waals surface area contributed by atoms with Gasteiger partial charge in [-0.25, -0.2) is 0 Å². The van der Waals surface area contributed by atoms with Crippen molar-refractivity contribution >= 4 is 20.9 Å². The van der Waals surface area contributed by atoms with Crippen molar-refractivity contribution in [2.45, 2.75) is 57.3 Å². The maximum absolute atomic E-state index is 11.7. The van der Waals surface area contributed by atoms with Gasteiger partial charge in [-0.2, -0.15) is 8.42 Å². The summed E-state index contributed by atoms with van der Waals surface area (Å²) in [7, 11) is -4.20. The molecule has 120 valence electrons. The standard InChI is InChI=1S/C18H24O3S/c1-3-5-8-14-10-7-11-16-17(22(19,20)21)13-12-15(18(14)16)9-6-4-2/h7,10-13H,3-6,8-9H2,1-2H3,(H,19,20,21). The second-order valence-electron chi connectivity index (χ2n) is 5.74. The zero-order chi connectivity index (χ0) is 16.2. The van der Waals surface area contributed by atoms with Gasteiger partial charge in [0.2, 0.25) is 0 Å². The first-order valence-electron chi connectivity index (χ1n) is 8.00. The molecule has 0 radical (unpaired) electrons. The van der Waals surface area contributed by atoms with Crippen LogP contribution in [0.3, 0.4) is 0 Å². The Balaban J connectivity index is 2.69. The van der Waals surface area contributed by atoms with Gasteiger partial charge >= 0.3 is 0 Å². The molecule has 2 aromatic rings. The van der Waals surface area contributed by atoms with Crippen LogP contribution in [0.25, 0.3) is 10.8 Å². The molecule has 0 atom stereocenters. The monoisotopic (exact) mass is 320 g/mol. The van der Waals surface area contributed by atoms with Crippen LogP contribution in [-0.4, -0.2) is 13.0 Å². The van der Waals surface area contributed by atoms with Gasteiger partial charge < -0.3 is 0 Å². The van der Waals surface area contributed by atoms with Crippen LogP contribution >= 0.6 is 0 Å². The van der Waals surface area contributed by atoms with E-state index in [0.717, 1.165) is 43.9 Å². The molecule has 0 spiro atoms. The predicted octanol–water partition coefficient (Wildman–Crippen LogP) is 4.77. The highest BCUT2D eigenvalue weighted by molar-refractivity contribution is 7.86. The van der Waals surface area contributed by atoms with Crippen molar-refractivity contribution in [2.24, 2.45) is 0 Å². The Morgan fingerprint density at radius 1 is 0.909 bits per heavy atom. The van der Waals surface area contributed by atoms with Gasteiger partial charge in [-0.15, -0.1) is 0 Å². The van der Waals surface area contributed by atoms with E-state index in [-0.39, 0.29) is 4.90 Å². The number of benzene rings is 2. The smallest absolute Gasteiger partial charge is 0.282 e. The number of rotatable bonds is 7. The number of aryl methyl sites for hydroxylation is 2. The molecule has 0 aliphatic heterocycles. The van der Waals surface area contributed by atoms with Gasteiger partial charge in [-0.3, -0.25) is 4.55 Å². The quantitative estimate of drug-likeness (QED) is 0.747. The molecule has 0 bridgehead atoms. The van der Waals surface area contributed by atoms with Gasteiger partial charge in [-0.1, -0.05) is 51.0 Å². The van der Waals surface area contributed by atoms with Crippen LogP contribution in [-0.2, 0) is 23.0 Å². The minimum atomic E-state index is -4.20. The van der Waals surface area contributed by atoms with Crippen LogP contribution in [0.15, 0.2) is 35.2 Å². The highest BCUT2D eigenvalue weighted by atomic mass is 32.2. The lowest BCUT2D eigenvalue weighted by Crippen LogP contribution is -2.02. The van der Waals surface area contributed by atoms with E-state index in [4.69, 9.17) is 0 Å². The SMILES string of the molecule is CCCCc1cccc2c(S(=O)(=O)O)ccc(CCCC)c12. The number of unbranched alkanes of at least 4 members (excludes halogenated alkanes) is 2. The first kappa shape index (κ1) is 17.0. The van der Waals surface area contributed by atoms with E-state index >= 15 is 0 Å². The molecule has 22 heavy (non-hydrogen) atoms. The van der Waals surface area contributed by atoms with Crippen molar-refractivity contribution < 1.29 is 13.0 Å². The lowest BCUT2D eigenvalue weighted by atomic mass is 9.93. The molecule has 0 aliphatic carbocycles. The second-order valence-corrected chi connectivity index (χ2v) is 7.13. The van der Waals surface area contributed by atoms with Crippen molar-refractivity contribution in [2.75, 3.05) is 0 Å². The summed E-state index contributed by atoms with van der Waals surface area (Å²) in [6.45, 7) is 4.29. The Morgan fingerprint density at radius 3 is 2.05 bits per heavy atom. The molecule has 0 heterocycles. The summed E-state index contributed by atoms with van der Waals surface area (Å²) in [6, 6.07) is 9.14. The maximum atomic E-state index is 11.7. The normalized spacial score (nSPS) is 12.0. The Bertz CT molecular complexity index is 734. The first-order valence-corrected chi connectivity index (χ1v) is 9.44. The predicted molar refractivity (Wildman–Crippen MR) is 91.0 cm³/mol. The average molecular weight is 320 g/mol. The van der Waals surface area contributed by atoms with E-state index in [1.807, 2.05) is 12.1 Å². The largest absolute Gasteiger partial charge is 0.295 e. The molecule has 3 nitrogen and oxygen atoms in total. The minimum absolute atomic E-state index is 0.0149. The van der Waals surface area contributed by atoms with Gasteiger partial charge in [0.15, 0.2) is 0 Å². The van der Waals surface area contributed by atoms with Gasteiger partial charge in [-0.05, 0) is 48.3 Å². The number of fused-ring (bicyclic) bond motifs is 1. The van der Waals surface area contributed by atoms with Crippen molar-refractivity contribution in [1.82, 2.24) is 0 Å². The van der Waals surface area contributed by atoms with E-state index in [0.29, 0.717) is 5.39 Å². The molecule has 4 heteroatoms. The topological polar surface area (TPSA) is 54.4 Å². The summed E-state index contributed by atoms with van der Waals surface area (Å²) < 4.78 is 32.8. The first-order chi connectivity index (χ1) is 10.5. The van der Waals surface area contributed by atoms with Gasteiger partial charge in [0.25, 0.3) is 10.1 Å². The minimum Gasteiger partial charge on any atom is -0.282 e. The van der Waals surface area contributed by atoms with Crippen LogP contribution in [0, 0.1) is 0 Å². The van der Waals surface area contributed by atoms with Crippen molar-refractivity contribution in [3.8, 4) is 0 Å². The summed E-state index contributed by atoms with van der Waals surface area (Å²) in [5.41, 5.74) is 2.35. The van der Waals surface area contributed by atoms with Gasteiger partial charge in [0, 0.05) is 5.39 Å². The molecule has 0 aliphatic rings. The summed E-state index contributed by atoms with van der Waals surface area (Å²) >= 11 is 0. The fourth-order valence-electron chi connectivity index (χ4n) is 2.91. The van der Waals surface area contributed by atoms with E-state index in [1.54, 1.807) is 6.07 Å². The van der Waals surface area contributed by atoms with Crippen molar-refractivity contribution in [3.05, 3.63) is 41.5 Å². The Hall–Kier alpha value is -1.39. The third-order valence-corrected chi connectivity index (χ3v) is 4.96. The highest BCUT2D eigenvalue weighted by Gasteiger charge is 2.17. The Labute approximate surface area is 133 Å². The Kier molecular flexibility index (Phi) is 5.59. The fourth-order valence-corrected chi connectivity index (χ4v) is 3.60. The van der Waals surface area contributed by atoms with Crippen LogP contribution in [0.4, 0.5) is 0 Å². The lowest BCUT2D eigenvalue weighted by Gasteiger charge is -2.14. The molecule has 0 saturated heterocycles. The molecule has 2 rings (SSSR count). The van der Waals surface area contributed by atoms with E-state index in [2.05, 4.69) is 19.9 Å². The third kappa shape index (κ3) is 3.68. The molecule has 0 saturated carbocycles. The molecule has 0 aromatic heterocycles. The summed E-state index contributed by atoms with van der Waals surface area (Å²) in [6.07, 6.45) is 6.20. The van der Waals surface area contributed by atoms with E-state index in [1.165, 1.54) is 17.2 Å². The lowest BCUT2D eigenvalue weighted by molar-refractivity contribution is 0.484. The van der Waals surface area contributed by atoms with Crippen LogP contribution in [0.2, 0.25) is 0 Å². The van der Waals surface area contributed by atoms with Gasteiger partial charge in [0.05, 0.1) is 0 Å².